The van der Waals surface area contributed by atoms with Crippen molar-refractivity contribution in [2.24, 2.45) is 0 Å². The lowest BCUT2D eigenvalue weighted by atomic mass is 10.1. The quantitative estimate of drug-likeness (QED) is 0.655. The Balaban J connectivity index is 2.00. The Kier molecular flexibility index (Phi) is 5.70. The van der Waals surface area contributed by atoms with Crippen LogP contribution in [0.5, 0.6) is 0 Å². The van der Waals surface area contributed by atoms with Gasteiger partial charge in [0.1, 0.15) is 0 Å². The van der Waals surface area contributed by atoms with Gasteiger partial charge in [0.15, 0.2) is 0 Å². The number of halogens is 1. The SMILES string of the molecule is C=C(C(=O)N1CCN(CCO)CC1)c1ccc(S)c(Cl)c1. The van der Waals surface area contributed by atoms with Crippen LogP contribution >= 0.6 is 24.2 Å². The molecule has 0 bridgehead atoms. The van der Waals surface area contributed by atoms with Gasteiger partial charge >= 0.3 is 0 Å². The zero-order valence-corrected chi connectivity index (χ0v) is 13.4. The van der Waals surface area contributed by atoms with Crippen molar-refractivity contribution in [2.75, 3.05) is 39.3 Å². The van der Waals surface area contributed by atoms with E-state index < -0.39 is 0 Å². The highest BCUT2D eigenvalue weighted by molar-refractivity contribution is 7.80. The number of carbonyl (C=O) groups is 1. The van der Waals surface area contributed by atoms with Crippen molar-refractivity contribution in [3.63, 3.8) is 0 Å². The van der Waals surface area contributed by atoms with Gasteiger partial charge in [-0.2, -0.15) is 0 Å². The Labute approximate surface area is 135 Å². The van der Waals surface area contributed by atoms with Gasteiger partial charge in [0.2, 0.25) is 0 Å². The number of carbonyl (C=O) groups excluding carboxylic acids is 1. The van der Waals surface area contributed by atoms with Gasteiger partial charge in [0.05, 0.1) is 11.6 Å². The van der Waals surface area contributed by atoms with Gasteiger partial charge in [-0.25, -0.2) is 0 Å². The van der Waals surface area contributed by atoms with Gasteiger partial charge in [-0.05, 0) is 17.7 Å². The Morgan fingerprint density at radius 1 is 1.33 bits per heavy atom. The van der Waals surface area contributed by atoms with Crippen molar-refractivity contribution in [1.82, 2.24) is 9.80 Å². The molecule has 0 aromatic heterocycles. The second-order valence-electron chi connectivity index (χ2n) is 5.00. The average Bonchev–Trinajstić information content (AvgIpc) is 2.50. The summed E-state index contributed by atoms with van der Waals surface area (Å²) in [6, 6.07) is 5.28. The van der Waals surface area contributed by atoms with Gasteiger partial charge in [0.25, 0.3) is 5.91 Å². The molecular formula is C15H19ClN2O2S. The van der Waals surface area contributed by atoms with Crippen molar-refractivity contribution < 1.29 is 9.90 Å². The molecule has 114 valence electrons. The Hall–Kier alpha value is -1.01. The maximum absolute atomic E-state index is 12.5. The number of aliphatic hydroxyl groups excluding tert-OH is 1. The van der Waals surface area contributed by atoms with E-state index in [9.17, 15) is 4.79 Å². The predicted molar refractivity (Wildman–Crippen MR) is 87.8 cm³/mol. The predicted octanol–water partition coefficient (Wildman–Crippen LogP) is 1.78. The number of piperazine rings is 1. The summed E-state index contributed by atoms with van der Waals surface area (Å²) in [6.45, 7) is 7.55. The summed E-state index contributed by atoms with van der Waals surface area (Å²) in [5.41, 5.74) is 1.17. The number of rotatable bonds is 4. The van der Waals surface area contributed by atoms with E-state index in [-0.39, 0.29) is 12.5 Å². The van der Waals surface area contributed by atoms with E-state index in [1.54, 1.807) is 23.1 Å². The van der Waals surface area contributed by atoms with Crippen molar-refractivity contribution >= 4 is 35.7 Å². The van der Waals surface area contributed by atoms with Gasteiger partial charge in [-0.1, -0.05) is 24.2 Å². The minimum Gasteiger partial charge on any atom is -0.395 e. The number of β-amino-alcohol motifs (C(OH)–C–C–N with tert-alkyl or cyclic N) is 1. The van der Waals surface area contributed by atoms with Crippen LogP contribution in [0.15, 0.2) is 29.7 Å². The first-order chi connectivity index (χ1) is 10.0. The van der Waals surface area contributed by atoms with Crippen LogP contribution in [-0.4, -0.2) is 60.1 Å². The van der Waals surface area contributed by atoms with Crippen LogP contribution in [-0.2, 0) is 4.79 Å². The molecule has 1 N–H and O–H groups in total. The normalized spacial score (nSPS) is 16.0. The molecule has 21 heavy (non-hydrogen) atoms. The third-order valence-corrected chi connectivity index (χ3v) is 4.46. The molecule has 1 aromatic rings. The minimum atomic E-state index is -0.0679. The third-order valence-electron chi connectivity index (χ3n) is 3.63. The molecule has 1 aliphatic heterocycles. The fraction of sp³-hybridized carbons (Fsp3) is 0.400. The van der Waals surface area contributed by atoms with Crippen molar-refractivity contribution in [1.29, 1.82) is 0 Å². The molecule has 0 atom stereocenters. The van der Waals surface area contributed by atoms with E-state index in [4.69, 9.17) is 16.7 Å². The summed E-state index contributed by atoms with van der Waals surface area (Å²) in [4.78, 5) is 17.1. The molecule has 1 saturated heterocycles. The molecule has 0 saturated carbocycles. The number of benzene rings is 1. The third kappa shape index (κ3) is 4.01. The molecule has 0 spiro atoms. The minimum absolute atomic E-state index is 0.0679. The summed E-state index contributed by atoms with van der Waals surface area (Å²) in [5.74, 6) is -0.0679. The summed E-state index contributed by atoms with van der Waals surface area (Å²) < 4.78 is 0. The van der Waals surface area contributed by atoms with Gasteiger partial charge in [-0.3, -0.25) is 9.69 Å². The highest BCUT2D eigenvalue weighted by atomic mass is 35.5. The van der Waals surface area contributed by atoms with Crippen LogP contribution < -0.4 is 0 Å². The molecule has 1 heterocycles. The monoisotopic (exact) mass is 326 g/mol. The standard InChI is InChI=1S/C15H19ClN2O2S/c1-11(12-2-3-14(21)13(16)10-12)15(20)18-6-4-17(5-7-18)8-9-19/h2-3,10,19,21H,1,4-9H2. The highest BCUT2D eigenvalue weighted by Crippen LogP contribution is 2.25. The van der Waals surface area contributed by atoms with Crippen LogP contribution in [0.4, 0.5) is 0 Å². The molecule has 1 aromatic carbocycles. The summed E-state index contributed by atoms with van der Waals surface area (Å²) in [7, 11) is 0. The van der Waals surface area contributed by atoms with E-state index in [0.29, 0.717) is 35.1 Å². The Morgan fingerprint density at radius 3 is 2.57 bits per heavy atom. The van der Waals surface area contributed by atoms with Gasteiger partial charge in [0, 0.05) is 43.2 Å². The number of aliphatic hydroxyl groups is 1. The molecule has 1 amide bonds. The lowest BCUT2D eigenvalue weighted by Crippen LogP contribution is -2.49. The van der Waals surface area contributed by atoms with Crippen molar-refractivity contribution in [2.45, 2.75) is 4.90 Å². The molecule has 0 radical (unpaired) electrons. The highest BCUT2D eigenvalue weighted by Gasteiger charge is 2.23. The largest absolute Gasteiger partial charge is 0.395 e. The second-order valence-corrected chi connectivity index (χ2v) is 5.89. The van der Waals surface area contributed by atoms with E-state index >= 15 is 0 Å². The smallest absolute Gasteiger partial charge is 0.253 e. The van der Waals surface area contributed by atoms with E-state index in [1.807, 2.05) is 0 Å². The first-order valence-electron chi connectivity index (χ1n) is 6.83. The van der Waals surface area contributed by atoms with E-state index in [0.717, 1.165) is 18.7 Å². The first kappa shape index (κ1) is 16.4. The van der Waals surface area contributed by atoms with Crippen molar-refractivity contribution in [3.8, 4) is 0 Å². The zero-order valence-electron chi connectivity index (χ0n) is 11.8. The van der Waals surface area contributed by atoms with Crippen LogP contribution in [0.2, 0.25) is 5.02 Å². The zero-order chi connectivity index (χ0) is 15.4. The van der Waals surface area contributed by atoms with Gasteiger partial charge in [-0.15, -0.1) is 12.6 Å². The molecular weight excluding hydrogens is 308 g/mol. The molecule has 0 aliphatic carbocycles. The van der Waals surface area contributed by atoms with Crippen LogP contribution in [0.25, 0.3) is 5.57 Å². The maximum Gasteiger partial charge on any atom is 0.253 e. The Bertz CT molecular complexity index is 542. The maximum atomic E-state index is 12.5. The Morgan fingerprint density at radius 2 is 2.00 bits per heavy atom. The number of hydrogen-bond acceptors (Lipinski definition) is 4. The van der Waals surface area contributed by atoms with Crippen LogP contribution in [0, 0.1) is 0 Å². The molecule has 1 aliphatic rings. The first-order valence-corrected chi connectivity index (χ1v) is 7.65. The van der Waals surface area contributed by atoms with Crippen LogP contribution in [0.1, 0.15) is 5.56 Å². The number of hydrogen-bond donors (Lipinski definition) is 2. The van der Waals surface area contributed by atoms with E-state index in [2.05, 4.69) is 24.1 Å². The van der Waals surface area contributed by atoms with Gasteiger partial charge < -0.3 is 10.0 Å². The molecule has 4 nitrogen and oxygen atoms in total. The molecule has 1 fully saturated rings. The van der Waals surface area contributed by atoms with Crippen LogP contribution in [0.3, 0.4) is 0 Å². The van der Waals surface area contributed by atoms with E-state index in [1.165, 1.54) is 0 Å². The molecule has 2 rings (SSSR count). The summed E-state index contributed by atoms with van der Waals surface area (Å²) >= 11 is 10.2. The second kappa shape index (κ2) is 7.31. The lowest BCUT2D eigenvalue weighted by molar-refractivity contribution is -0.126. The average molecular weight is 327 g/mol. The fourth-order valence-electron chi connectivity index (χ4n) is 2.32. The lowest BCUT2D eigenvalue weighted by Gasteiger charge is -2.34. The summed E-state index contributed by atoms with van der Waals surface area (Å²) in [5, 5.41) is 9.44. The topological polar surface area (TPSA) is 43.8 Å². The summed E-state index contributed by atoms with van der Waals surface area (Å²) in [6.07, 6.45) is 0. The molecule has 6 heteroatoms. The fourth-order valence-corrected chi connectivity index (χ4v) is 2.64. The number of amides is 1. The molecule has 0 unspecified atom stereocenters. The number of nitrogens with zero attached hydrogens (tertiary/aromatic N) is 2. The number of thiol groups is 1. The van der Waals surface area contributed by atoms with Crippen molar-refractivity contribution in [3.05, 3.63) is 35.4 Å².